The van der Waals surface area contributed by atoms with Gasteiger partial charge in [-0.3, -0.25) is 4.79 Å². The molecule has 0 saturated heterocycles. The molecular weight excluding hydrogens is 232 g/mol. The van der Waals surface area contributed by atoms with Crippen molar-refractivity contribution in [1.29, 1.82) is 0 Å². The second-order valence-electron chi connectivity index (χ2n) is 4.39. The molecule has 2 rings (SSSR count). The molecule has 1 amide bonds. The Kier molecular flexibility index (Phi) is 4.07. The first-order valence-electron chi connectivity index (χ1n) is 5.95. The van der Waals surface area contributed by atoms with Gasteiger partial charge < -0.3 is 11.1 Å². The Morgan fingerprint density at radius 3 is 2.65 bits per heavy atom. The number of hydrogen-bond acceptors (Lipinski definition) is 3. The van der Waals surface area contributed by atoms with Gasteiger partial charge in [0.25, 0.3) is 0 Å². The number of carbonyl (C=O) groups is 1. The van der Waals surface area contributed by atoms with Gasteiger partial charge in [-0.1, -0.05) is 12.1 Å². The van der Waals surface area contributed by atoms with E-state index in [2.05, 4.69) is 5.32 Å². The zero-order valence-corrected chi connectivity index (χ0v) is 10.8. The summed E-state index contributed by atoms with van der Waals surface area (Å²) in [4.78, 5) is 12.9. The molecule has 1 atom stereocenters. The minimum Gasteiger partial charge on any atom is -0.352 e. The molecule has 0 aliphatic heterocycles. The lowest BCUT2D eigenvalue weighted by molar-refractivity contribution is -0.120. The van der Waals surface area contributed by atoms with Crippen molar-refractivity contribution < 1.29 is 4.79 Å². The zero-order valence-electron chi connectivity index (χ0n) is 9.98. The van der Waals surface area contributed by atoms with Gasteiger partial charge in [-0.15, -0.1) is 11.8 Å². The summed E-state index contributed by atoms with van der Waals surface area (Å²) < 4.78 is 0. The number of rotatable bonds is 5. The topological polar surface area (TPSA) is 55.1 Å². The molecule has 17 heavy (non-hydrogen) atoms. The Labute approximate surface area is 106 Å². The van der Waals surface area contributed by atoms with Gasteiger partial charge in [0, 0.05) is 17.5 Å². The maximum atomic E-state index is 11.8. The van der Waals surface area contributed by atoms with E-state index in [0.717, 1.165) is 23.3 Å². The summed E-state index contributed by atoms with van der Waals surface area (Å²) in [6, 6.07) is 8.49. The van der Waals surface area contributed by atoms with Crippen molar-refractivity contribution in [3.8, 4) is 0 Å². The van der Waals surface area contributed by atoms with Crippen molar-refractivity contribution in [3.05, 3.63) is 29.8 Å². The Hall–Kier alpha value is -1.00. The largest absolute Gasteiger partial charge is 0.352 e. The number of thioether (sulfide) groups is 1. The second-order valence-corrected chi connectivity index (χ2v) is 5.81. The van der Waals surface area contributed by atoms with Crippen molar-refractivity contribution in [2.75, 3.05) is 0 Å². The standard InChI is InChI=1S/C13H18N2OS/c1-9(13(16)15-11-4-5-11)17-12-6-2-10(8-14)3-7-12/h2-3,6-7,9,11H,4-5,8,14H2,1H3,(H,15,16). The lowest BCUT2D eigenvalue weighted by atomic mass is 10.2. The molecule has 3 nitrogen and oxygen atoms in total. The quantitative estimate of drug-likeness (QED) is 0.785. The molecule has 92 valence electrons. The van der Waals surface area contributed by atoms with Crippen LogP contribution in [0, 0.1) is 0 Å². The smallest absolute Gasteiger partial charge is 0.233 e. The lowest BCUT2D eigenvalue weighted by Gasteiger charge is -2.11. The lowest BCUT2D eigenvalue weighted by Crippen LogP contribution is -2.32. The Morgan fingerprint density at radius 2 is 2.12 bits per heavy atom. The summed E-state index contributed by atoms with van der Waals surface area (Å²) in [7, 11) is 0. The van der Waals surface area contributed by atoms with Crippen LogP contribution in [-0.4, -0.2) is 17.2 Å². The molecule has 0 aromatic heterocycles. The summed E-state index contributed by atoms with van der Waals surface area (Å²) >= 11 is 1.59. The molecule has 0 spiro atoms. The molecular formula is C13H18N2OS. The van der Waals surface area contributed by atoms with E-state index in [9.17, 15) is 4.79 Å². The number of benzene rings is 1. The molecule has 1 saturated carbocycles. The summed E-state index contributed by atoms with van der Waals surface area (Å²) in [5.41, 5.74) is 6.66. The molecule has 4 heteroatoms. The third-order valence-electron chi connectivity index (χ3n) is 2.76. The third-order valence-corrected chi connectivity index (χ3v) is 3.88. The predicted molar refractivity (Wildman–Crippen MR) is 70.8 cm³/mol. The number of hydrogen-bond donors (Lipinski definition) is 2. The maximum absolute atomic E-state index is 11.8. The van der Waals surface area contributed by atoms with Crippen molar-refractivity contribution in [2.24, 2.45) is 5.73 Å². The highest BCUT2D eigenvalue weighted by Crippen LogP contribution is 2.25. The van der Waals surface area contributed by atoms with Crippen molar-refractivity contribution in [3.63, 3.8) is 0 Å². The molecule has 1 aromatic carbocycles. The SMILES string of the molecule is CC(Sc1ccc(CN)cc1)C(=O)NC1CC1. The van der Waals surface area contributed by atoms with Crippen LogP contribution in [0.1, 0.15) is 25.3 Å². The Bertz CT molecular complexity index is 387. The summed E-state index contributed by atoms with van der Waals surface area (Å²) in [6.45, 7) is 2.50. The zero-order chi connectivity index (χ0) is 12.3. The fraction of sp³-hybridized carbons (Fsp3) is 0.462. The molecule has 1 aliphatic rings. The summed E-state index contributed by atoms with van der Waals surface area (Å²) in [6.07, 6.45) is 2.27. The van der Waals surface area contributed by atoms with Crippen LogP contribution in [0.3, 0.4) is 0 Å². The van der Waals surface area contributed by atoms with E-state index in [4.69, 9.17) is 5.73 Å². The van der Waals surface area contributed by atoms with E-state index < -0.39 is 0 Å². The maximum Gasteiger partial charge on any atom is 0.233 e. The molecule has 1 aliphatic carbocycles. The van der Waals surface area contributed by atoms with Gasteiger partial charge in [0.15, 0.2) is 0 Å². The minimum absolute atomic E-state index is 0.0423. The van der Waals surface area contributed by atoms with Crippen molar-refractivity contribution in [1.82, 2.24) is 5.32 Å². The number of carbonyl (C=O) groups excluding carboxylic acids is 1. The van der Waals surface area contributed by atoms with Crippen LogP contribution in [-0.2, 0) is 11.3 Å². The highest BCUT2D eigenvalue weighted by Gasteiger charge is 2.25. The average molecular weight is 250 g/mol. The molecule has 1 fully saturated rings. The van der Waals surface area contributed by atoms with E-state index in [1.807, 2.05) is 31.2 Å². The van der Waals surface area contributed by atoms with Crippen LogP contribution in [0.25, 0.3) is 0 Å². The normalized spacial score (nSPS) is 16.6. The average Bonchev–Trinajstić information content (AvgIpc) is 3.14. The molecule has 3 N–H and O–H groups in total. The fourth-order valence-electron chi connectivity index (χ4n) is 1.51. The number of amides is 1. The van der Waals surface area contributed by atoms with Crippen LogP contribution in [0.5, 0.6) is 0 Å². The predicted octanol–water partition coefficient (Wildman–Crippen LogP) is 1.90. The van der Waals surface area contributed by atoms with Crippen molar-refractivity contribution >= 4 is 17.7 Å². The van der Waals surface area contributed by atoms with Crippen LogP contribution < -0.4 is 11.1 Å². The minimum atomic E-state index is -0.0423. The van der Waals surface area contributed by atoms with E-state index in [-0.39, 0.29) is 11.2 Å². The van der Waals surface area contributed by atoms with Crippen molar-refractivity contribution in [2.45, 2.75) is 42.5 Å². The van der Waals surface area contributed by atoms with Crippen LogP contribution in [0.15, 0.2) is 29.2 Å². The van der Waals surface area contributed by atoms with E-state index in [1.165, 1.54) is 0 Å². The van der Waals surface area contributed by atoms with Crippen LogP contribution >= 0.6 is 11.8 Å². The summed E-state index contributed by atoms with van der Waals surface area (Å²) in [5.74, 6) is 0.139. The number of nitrogens with one attached hydrogen (secondary N) is 1. The third kappa shape index (κ3) is 3.75. The van der Waals surface area contributed by atoms with E-state index >= 15 is 0 Å². The molecule has 1 aromatic rings. The van der Waals surface area contributed by atoms with Crippen LogP contribution in [0.4, 0.5) is 0 Å². The monoisotopic (exact) mass is 250 g/mol. The number of nitrogens with two attached hydrogens (primary N) is 1. The van der Waals surface area contributed by atoms with Gasteiger partial charge in [0.2, 0.25) is 5.91 Å². The first-order chi connectivity index (χ1) is 8.19. The first kappa shape index (κ1) is 12.5. The molecule has 0 heterocycles. The van der Waals surface area contributed by atoms with Gasteiger partial charge in [-0.25, -0.2) is 0 Å². The molecule has 0 radical (unpaired) electrons. The first-order valence-corrected chi connectivity index (χ1v) is 6.83. The Morgan fingerprint density at radius 1 is 1.47 bits per heavy atom. The van der Waals surface area contributed by atoms with Gasteiger partial charge in [-0.2, -0.15) is 0 Å². The highest BCUT2D eigenvalue weighted by molar-refractivity contribution is 8.00. The molecule has 1 unspecified atom stereocenters. The summed E-state index contributed by atoms with van der Waals surface area (Å²) in [5, 5.41) is 2.97. The van der Waals surface area contributed by atoms with Gasteiger partial charge in [0.05, 0.1) is 5.25 Å². The van der Waals surface area contributed by atoms with Crippen LogP contribution in [0.2, 0.25) is 0 Å². The Balaban J connectivity index is 1.87. The highest BCUT2D eigenvalue weighted by atomic mass is 32.2. The second kappa shape index (κ2) is 5.56. The van der Waals surface area contributed by atoms with Gasteiger partial charge in [-0.05, 0) is 37.5 Å². The van der Waals surface area contributed by atoms with Gasteiger partial charge >= 0.3 is 0 Å². The van der Waals surface area contributed by atoms with Gasteiger partial charge in [0.1, 0.15) is 0 Å². The fourth-order valence-corrected chi connectivity index (χ4v) is 2.38. The van der Waals surface area contributed by atoms with E-state index in [1.54, 1.807) is 11.8 Å². The molecule has 0 bridgehead atoms. The van der Waals surface area contributed by atoms with E-state index in [0.29, 0.717) is 12.6 Å².